The highest BCUT2D eigenvalue weighted by Crippen LogP contribution is 2.33. The first kappa shape index (κ1) is 30.8. The minimum absolute atomic E-state index is 0.165. The van der Waals surface area contributed by atoms with Gasteiger partial charge in [-0.05, 0) is 57.6 Å². The van der Waals surface area contributed by atoms with Crippen LogP contribution in [0.1, 0.15) is 21.0 Å². The van der Waals surface area contributed by atoms with Gasteiger partial charge in [-0.3, -0.25) is 9.97 Å². The Balaban J connectivity index is 0.000000154. The van der Waals surface area contributed by atoms with Crippen molar-refractivity contribution >= 4 is 33.7 Å². The lowest BCUT2D eigenvalue weighted by Crippen LogP contribution is -2.00. The van der Waals surface area contributed by atoms with Crippen LogP contribution in [0.25, 0.3) is 66.3 Å². The maximum Gasteiger partial charge on any atom is 0.354 e. The van der Waals surface area contributed by atoms with Crippen molar-refractivity contribution in [3.63, 3.8) is 0 Å². The maximum absolute atomic E-state index is 11.8. The number of aromatic carboxylic acids is 1. The highest BCUT2D eigenvalue weighted by molar-refractivity contribution is 6.02. The van der Waals surface area contributed by atoms with Crippen molar-refractivity contribution in [1.29, 1.82) is 0 Å². The van der Waals surface area contributed by atoms with E-state index in [0.29, 0.717) is 5.69 Å². The van der Waals surface area contributed by atoms with Gasteiger partial charge in [0.1, 0.15) is 11.4 Å². The molecule has 0 bridgehead atoms. The second-order valence-electron chi connectivity index (χ2n) is 11.4. The molecule has 0 atom stereocenters. The van der Waals surface area contributed by atoms with Crippen LogP contribution in [0.15, 0.2) is 146 Å². The van der Waals surface area contributed by atoms with Crippen molar-refractivity contribution in [2.75, 3.05) is 7.11 Å². The number of ether oxygens (including phenoxy) is 1. The van der Waals surface area contributed by atoms with Crippen molar-refractivity contribution in [1.82, 2.24) is 19.9 Å². The Labute approximate surface area is 281 Å². The van der Waals surface area contributed by atoms with Crippen LogP contribution in [0.2, 0.25) is 0 Å². The molecule has 4 aromatic carbocycles. The number of aromatic amines is 2. The Kier molecular flexibility index (Phi) is 8.50. The molecule has 0 aliphatic heterocycles. The van der Waals surface area contributed by atoms with E-state index in [0.717, 1.165) is 66.3 Å². The third-order valence-corrected chi connectivity index (χ3v) is 8.29. The molecular formula is C41H30N4O4. The Hall–Kier alpha value is -6.80. The van der Waals surface area contributed by atoms with Crippen molar-refractivity contribution in [3.8, 4) is 44.5 Å². The van der Waals surface area contributed by atoms with Crippen LogP contribution in [0.4, 0.5) is 0 Å². The molecule has 0 aliphatic carbocycles. The number of H-pyrrole nitrogens is 2. The number of pyridine rings is 2. The minimum atomic E-state index is -0.977. The summed E-state index contributed by atoms with van der Waals surface area (Å²) < 4.78 is 4.80. The number of aromatic nitrogens is 4. The van der Waals surface area contributed by atoms with Gasteiger partial charge in [-0.2, -0.15) is 0 Å². The molecular weight excluding hydrogens is 612 g/mol. The second-order valence-corrected chi connectivity index (χ2v) is 11.4. The van der Waals surface area contributed by atoms with Crippen LogP contribution in [-0.2, 0) is 4.74 Å². The molecule has 4 aromatic heterocycles. The van der Waals surface area contributed by atoms with Gasteiger partial charge in [-0.25, -0.2) is 9.59 Å². The molecule has 0 spiro atoms. The monoisotopic (exact) mass is 642 g/mol. The standard InChI is InChI=1S/C21H16N2O2.C20H14N2O2/c1-25-21(24)19-11-17-18(12-22-13-20(17)23-19)16-9-5-8-15(10-16)14-6-3-2-4-7-14;23-20(24)18-10-16-17(11-21-12-19(16)22-18)15-8-4-7-14(9-15)13-5-2-1-3-6-13/h2-13,23H,1H3;1-12,22H,(H,23,24). The van der Waals surface area contributed by atoms with Gasteiger partial charge in [0, 0.05) is 34.3 Å². The average molecular weight is 643 g/mol. The lowest BCUT2D eigenvalue weighted by molar-refractivity contribution is 0.0594. The molecule has 8 aromatic rings. The van der Waals surface area contributed by atoms with E-state index in [1.807, 2.05) is 72.9 Å². The first-order valence-corrected chi connectivity index (χ1v) is 15.6. The molecule has 0 amide bonds. The van der Waals surface area contributed by atoms with E-state index in [4.69, 9.17) is 4.74 Å². The summed E-state index contributed by atoms with van der Waals surface area (Å²) in [5, 5.41) is 11.0. The number of carboxylic acid groups (broad SMARTS) is 1. The number of carbonyl (C=O) groups is 2. The highest BCUT2D eigenvalue weighted by atomic mass is 16.5. The molecule has 49 heavy (non-hydrogen) atoms. The Morgan fingerprint density at radius 1 is 0.531 bits per heavy atom. The third kappa shape index (κ3) is 6.43. The first-order valence-electron chi connectivity index (χ1n) is 15.6. The number of hydrogen-bond acceptors (Lipinski definition) is 5. The number of carboxylic acids is 1. The Bertz CT molecular complexity index is 2430. The Morgan fingerprint density at radius 3 is 1.43 bits per heavy atom. The van der Waals surface area contributed by atoms with E-state index in [-0.39, 0.29) is 11.7 Å². The number of methoxy groups -OCH3 is 1. The van der Waals surface area contributed by atoms with Gasteiger partial charge in [-0.1, -0.05) is 97.1 Å². The lowest BCUT2D eigenvalue weighted by atomic mass is 9.98. The Morgan fingerprint density at radius 2 is 0.959 bits per heavy atom. The van der Waals surface area contributed by atoms with E-state index >= 15 is 0 Å². The third-order valence-electron chi connectivity index (χ3n) is 8.29. The highest BCUT2D eigenvalue weighted by Gasteiger charge is 2.14. The van der Waals surface area contributed by atoms with Gasteiger partial charge < -0.3 is 19.8 Å². The molecule has 0 radical (unpaired) electrons. The number of fused-ring (bicyclic) bond motifs is 2. The summed E-state index contributed by atoms with van der Waals surface area (Å²) in [7, 11) is 1.37. The maximum atomic E-state index is 11.8. The molecule has 0 aliphatic rings. The SMILES string of the molecule is COC(=O)c1cc2c(-c3cccc(-c4ccccc4)c3)cncc2[nH]1.O=C(O)c1cc2c(-c3cccc(-c4ccccc4)c3)cncc2[nH]1. The van der Waals surface area contributed by atoms with Gasteiger partial charge in [0.15, 0.2) is 0 Å². The van der Waals surface area contributed by atoms with E-state index < -0.39 is 5.97 Å². The summed E-state index contributed by atoms with van der Waals surface area (Å²) >= 11 is 0. The molecule has 8 rings (SSSR count). The second kappa shape index (κ2) is 13.5. The van der Waals surface area contributed by atoms with Crippen LogP contribution in [-0.4, -0.2) is 44.1 Å². The first-order chi connectivity index (χ1) is 24.0. The summed E-state index contributed by atoms with van der Waals surface area (Å²) in [4.78, 5) is 37.5. The number of nitrogens with one attached hydrogen (secondary N) is 2. The largest absolute Gasteiger partial charge is 0.477 e. The van der Waals surface area contributed by atoms with Crippen molar-refractivity contribution in [3.05, 3.63) is 158 Å². The van der Waals surface area contributed by atoms with Crippen LogP contribution in [0.3, 0.4) is 0 Å². The van der Waals surface area contributed by atoms with Crippen molar-refractivity contribution in [2.24, 2.45) is 0 Å². The minimum Gasteiger partial charge on any atom is -0.477 e. The zero-order chi connectivity index (χ0) is 33.7. The predicted molar refractivity (Wildman–Crippen MR) is 192 cm³/mol. The molecule has 0 fully saturated rings. The van der Waals surface area contributed by atoms with E-state index in [2.05, 4.69) is 68.5 Å². The van der Waals surface area contributed by atoms with Crippen LogP contribution in [0.5, 0.6) is 0 Å². The zero-order valence-corrected chi connectivity index (χ0v) is 26.4. The number of benzene rings is 4. The average Bonchev–Trinajstić information content (AvgIpc) is 3.81. The van der Waals surface area contributed by atoms with E-state index in [1.54, 1.807) is 24.7 Å². The number of esters is 1. The van der Waals surface area contributed by atoms with Gasteiger partial charge in [0.2, 0.25) is 0 Å². The number of carbonyl (C=O) groups excluding carboxylic acids is 1. The molecule has 8 nitrogen and oxygen atoms in total. The van der Waals surface area contributed by atoms with Crippen molar-refractivity contribution < 1.29 is 19.4 Å². The fourth-order valence-corrected chi connectivity index (χ4v) is 5.89. The smallest absolute Gasteiger partial charge is 0.354 e. The van der Waals surface area contributed by atoms with Crippen LogP contribution < -0.4 is 0 Å². The topological polar surface area (TPSA) is 121 Å². The predicted octanol–water partition coefficient (Wildman–Crippen LogP) is 9.28. The number of nitrogens with zero attached hydrogens (tertiary/aromatic N) is 2. The summed E-state index contributed by atoms with van der Waals surface area (Å²) in [5.41, 5.74) is 10.6. The number of rotatable bonds is 6. The quantitative estimate of drug-likeness (QED) is 0.156. The summed E-state index contributed by atoms with van der Waals surface area (Å²) in [6.45, 7) is 0. The summed E-state index contributed by atoms with van der Waals surface area (Å²) in [6, 6.07) is 40.3. The summed E-state index contributed by atoms with van der Waals surface area (Å²) in [5.74, 6) is -1.37. The normalized spacial score (nSPS) is 10.8. The van der Waals surface area contributed by atoms with Crippen molar-refractivity contribution in [2.45, 2.75) is 0 Å². The molecule has 4 heterocycles. The zero-order valence-electron chi connectivity index (χ0n) is 26.4. The van der Waals surface area contributed by atoms with E-state index in [9.17, 15) is 14.7 Å². The number of hydrogen-bond donors (Lipinski definition) is 3. The summed E-state index contributed by atoms with van der Waals surface area (Å²) in [6.07, 6.45) is 6.95. The van der Waals surface area contributed by atoms with Crippen LogP contribution in [0, 0.1) is 0 Å². The molecule has 0 saturated heterocycles. The molecule has 3 N–H and O–H groups in total. The van der Waals surface area contributed by atoms with Gasteiger partial charge >= 0.3 is 11.9 Å². The molecule has 8 heteroatoms. The van der Waals surface area contributed by atoms with Gasteiger partial charge in [-0.15, -0.1) is 0 Å². The van der Waals surface area contributed by atoms with Crippen LogP contribution >= 0.6 is 0 Å². The fourth-order valence-electron chi connectivity index (χ4n) is 5.89. The molecule has 0 unspecified atom stereocenters. The van der Waals surface area contributed by atoms with Gasteiger partial charge in [0.05, 0.1) is 30.5 Å². The fraction of sp³-hybridized carbons (Fsp3) is 0.0244. The van der Waals surface area contributed by atoms with E-state index in [1.165, 1.54) is 7.11 Å². The lowest BCUT2D eigenvalue weighted by Gasteiger charge is -2.07. The molecule has 238 valence electrons. The van der Waals surface area contributed by atoms with Gasteiger partial charge in [0.25, 0.3) is 0 Å². The molecule has 0 saturated carbocycles.